The van der Waals surface area contributed by atoms with Crippen LogP contribution in [0.25, 0.3) is 0 Å². The molecule has 1 fully saturated rings. The molecule has 2 rings (SSSR count). The van der Waals surface area contributed by atoms with E-state index in [9.17, 15) is 0 Å². The van der Waals surface area contributed by atoms with Gasteiger partial charge in [-0.3, -0.25) is 0 Å². The number of hydrogen-bond donors (Lipinski definition) is 1. The number of hydrogen-bond acceptors (Lipinski definition) is 2. The van der Waals surface area contributed by atoms with Gasteiger partial charge in [-0.2, -0.15) is 0 Å². The van der Waals surface area contributed by atoms with E-state index in [1.54, 1.807) is 6.20 Å². The molecule has 1 saturated carbocycles. The van der Waals surface area contributed by atoms with E-state index in [-0.39, 0.29) is 0 Å². The summed E-state index contributed by atoms with van der Waals surface area (Å²) in [4.78, 5) is 4.02. The van der Waals surface area contributed by atoms with E-state index in [0.717, 1.165) is 18.0 Å². The number of nitrogens with zero attached hydrogens (tertiary/aromatic N) is 1. The smallest absolute Gasteiger partial charge is 0.133 e. The highest BCUT2D eigenvalue weighted by atomic mass is 35.5. The standard InChI is InChI=1S/C10H13ClN2/c1-7-5-9(7)13-6-8-3-2-4-12-10(8)11/h2-4,7,9,13H,5-6H2,1H3. The largest absolute Gasteiger partial charge is 0.310 e. The maximum absolute atomic E-state index is 5.91. The van der Waals surface area contributed by atoms with Crippen molar-refractivity contribution in [1.29, 1.82) is 0 Å². The molecule has 13 heavy (non-hydrogen) atoms. The highest BCUT2D eigenvalue weighted by Crippen LogP contribution is 2.29. The van der Waals surface area contributed by atoms with E-state index in [4.69, 9.17) is 11.6 Å². The first-order valence-corrected chi connectivity index (χ1v) is 4.98. The molecule has 1 aromatic heterocycles. The molecule has 2 atom stereocenters. The van der Waals surface area contributed by atoms with Crippen LogP contribution < -0.4 is 5.32 Å². The van der Waals surface area contributed by atoms with Crippen molar-refractivity contribution in [1.82, 2.24) is 10.3 Å². The van der Waals surface area contributed by atoms with Gasteiger partial charge < -0.3 is 5.32 Å². The highest BCUT2D eigenvalue weighted by molar-refractivity contribution is 6.30. The molecule has 70 valence electrons. The van der Waals surface area contributed by atoms with Crippen molar-refractivity contribution in [2.24, 2.45) is 5.92 Å². The zero-order valence-corrected chi connectivity index (χ0v) is 8.38. The number of aromatic nitrogens is 1. The molecular weight excluding hydrogens is 184 g/mol. The molecular formula is C10H13ClN2. The Bertz CT molecular complexity index is 301. The van der Waals surface area contributed by atoms with Gasteiger partial charge in [0.05, 0.1) is 0 Å². The van der Waals surface area contributed by atoms with Crippen LogP contribution in [0.4, 0.5) is 0 Å². The van der Waals surface area contributed by atoms with Gasteiger partial charge in [0.15, 0.2) is 0 Å². The fourth-order valence-electron chi connectivity index (χ4n) is 1.40. The van der Waals surface area contributed by atoms with Gasteiger partial charge in [-0.25, -0.2) is 4.98 Å². The van der Waals surface area contributed by atoms with Crippen molar-refractivity contribution in [2.45, 2.75) is 25.9 Å². The lowest BCUT2D eigenvalue weighted by Crippen LogP contribution is -2.17. The van der Waals surface area contributed by atoms with Crippen LogP contribution in [0.1, 0.15) is 18.9 Å². The summed E-state index contributed by atoms with van der Waals surface area (Å²) in [6, 6.07) is 4.62. The predicted molar refractivity (Wildman–Crippen MR) is 53.7 cm³/mol. The van der Waals surface area contributed by atoms with Crippen molar-refractivity contribution in [3.63, 3.8) is 0 Å². The fourth-order valence-corrected chi connectivity index (χ4v) is 1.58. The van der Waals surface area contributed by atoms with Gasteiger partial charge >= 0.3 is 0 Å². The summed E-state index contributed by atoms with van der Waals surface area (Å²) in [6.45, 7) is 3.09. The first kappa shape index (κ1) is 8.97. The highest BCUT2D eigenvalue weighted by Gasteiger charge is 2.31. The van der Waals surface area contributed by atoms with E-state index in [2.05, 4.69) is 17.2 Å². The summed E-state index contributed by atoms with van der Waals surface area (Å²) >= 11 is 5.91. The second kappa shape index (κ2) is 3.64. The molecule has 1 aliphatic rings. The lowest BCUT2D eigenvalue weighted by Gasteiger charge is -2.04. The van der Waals surface area contributed by atoms with E-state index in [1.807, 2.05) is 12.1 Å². The molecule has 1 N–H and O–H groups in total. The molecule has 1 aliphatic carbocycles. The molecule has 0 aliphatic heterocycles. The maximum Gasteiger partial charge on any atom is 0.133 e. The first-order chi connectivity index (χ1) is 6.27. The number of nitrogens with one attached hydrogen (secondary N) is 1. The van der Waals surface area contributed by atoms with Crippen LogP contribution in [0.15, 0.2) is 18.3 Å². The number of pyridine rings is 1. The molecule has 0 aromatic carbocycles. The van der Waals surface area contributed by atoms with E-state index in [0.29, 0.717) is 11.2 Å². The third-order valence-corrected chi connectivity index (χ3v) is 2.84. The molecule has 2 unspecified atom stereocenters. The lowest BCUT2D eigenvalue weighted by molar-refractivity contribution is 0.651. The summed E-state index contributed by atoms with van der Waals surface area (Å²) in [5, 5.41) is 4.05. The van der Waals surface area contributed by atoms with Gasteiger partial charge in [0, 0.05) is 24.3 Å². The zero-order chi connectivity index (χ0) is 9.26. The van der Waals surface area contributed by atoms with Crippen molar-refractivity contribution in [3.8, 4) is 0 Å². The van der Waals surface area contributed by atoms with Gasteiger partial charge in [0.2, 0.25) is 0 Å². The third kappa shape index (κ3) is 2.20. The van der Waals surface area contributed by atoms with Crippen molar-refractivity contribution in [3.05, 3.63) is 29.0 Å². The minimum absolute atomic E-state index is 0.614. The van der Waals surface area contributed by atoms with Crippen LogP contribution in [0, 0.1) is 5.92 Å². The second-order valence-electron chi connectivity index (χ2n) is 3.65. The van der Waals surface area contributed by atoms with Crippen LogP contribution in [0.2, 0.25) is 5.15 Å². The maximum atomic E-state index is 5.91. The first-order valence-electron chi connectivity index (χ1n) is 4.60. The Labute approximate surface area is 83.3 Å². The molecule has 0 radical (unpaired) electrons. The normalized spacial score (nSPS) is 26.0. The average molecular weight is 197 g/mol. The van der Waals surface area contributed by atoms with Gasteiger partial charge in [-0.1, -0.05) is 24.6 Å². The zero-order valence-electron chi connectivity index (χ0n) is 7.63. The summed E-state index contributed by atoms with van der Waals surface area (Å²) in [5.41, 5.74) is 1.09. The molecule has 0 saturated heterocycles. The fraction of sp³-hybridized carbons (Fsp3) is 0.500. The van der Waals surface area contributed by atoms with Gasteiger partial charge in [-0.05, 0) is 18.4 Å². The topological polar surface area (TPSA) is 24.9 Å². The molecule has 3 heteroatoms. The van der Waals surface area contributed by atoms with Crippen LogP contribution in [0.3, 0.4) is 0 Å². The quantitative estimate of drug-likeness (QED) is 0.751. The summed E-state index contributed by atoms with van der Waals surface area (Å²) < 4.78 is 0. The Kier molecular flexibility index (Phi) is 2.51. The van der Waals surface area contributed by atoms with Crippen molar-refractivity contribution >= 4 is 11.6 Å². The van der Waals surface area contributed by atoms with E-state index < -0.39 is 0 Å². The Hall–Kier alpha value is -0.600. The van der Waals surface area contributed by atoms with Crippen LogP contribution in [-0.4, -0.2) is 11.0 Å². The summed E-state index contributed by atoms with van der Waals surface area (Å²) in [5.74, 6) is 0.829. The molecule has 2 nitrogen and oxygen atoms in total. The molecule has 0 bridgehead atoms. The van der Waals surface area contributed by atoms with Gasteiger partial charge in [0.25, 0.3) is 0 Å². The van der Waals surface area contributed by atoms with Crippen molar-refractivity contribution in [2.75, 3.05) is 0 Å². The Morgan fingerprint density at radius 3 is 3.08 bits per heavy atom. The molecule has 1 heterocycles. The third-order valence-electron chi connectivity index (χ3n) is 2.50. The number of halogens is 1. The minimum Gasteiger partial charge on any atom is -0.310 e. The average Bonchev–Trinajstić information content (AvgIpc) is 2.81. The second-order valence-corrected chi connectivity index (χ2v) is 4.01. The van der Waals surface area contributed by atoms with Gasteiger partial charge in [0.1, 0.15) is 5.15 Å². The number of rotatable bonds is 3. The summed E-state index contributed by atoms with van der Waals surface area (Å²) in [7, 11) is 0. The minimum atomic E-state index is 0.614. The van der Waals surface area contributed by atoms with Crippen molar-refractivity contribution < 1.29 is 0 Å². The Morgan fingerprint density at radius 1 is 1.69 bits per heavy atom. The molecule has 1 aromatic rings. The SMILES string of the molecule is CC1CC1NCc1cccnc1Cl. The van der Waals surface area contributed by atoms with Crippen LogP contribution in [0.5, 0.6) is 0 Å². The van der Waals surface area contributed by atoms with Crippen LogP contribution in [-0.2, 0) is 6.54 Å². The van der Waals surface area contributed by atoms with E-state index >= 15 is 0 Å². The Morgan fingerprint density at radius 2 is 2.46 bits per heavy atom. The monoisotopic (exact) mass is 196 g/mol. The van der Waals surface area contributed by atoms with Gasteiger partial charge in [-0.15, -0.1) is 0 Å². The summed E-state index contributed by atoms with van der Waals surface area (Å²) in [6.07, 6.45) is 3.00. The molecule has 0 spiro atoms. The van der Waals surface area contributed by atoms with E-state index in [1.165, 1.54) is 6.42 Å². The van der Waals surface area contributed by atoms with Crippen LogP contribution >= 0.6 is 11.6 Å². The molecule has 0 amide bonds. The Balaban J connectivity index is 1.90. The predicted octanol–water partition coefficient (Wildman–Crippen LogP) is 2.23. The lowest BCUT2D eigenvalue weighted by atomic mass is 10.3.